The molecular formula is C19H23N3O4. The van der Waals surface area contributed by atoms with E-state index in [1.54, 1.807) is 30.2 Å². The summed E-state index contributed by atoms with van der Waals surface area (Å²) in [6.45, 7) is 2.08. The number of ether oxygens (including phenoxy) is 2. The summed E-state index contributed by atoms with van der Waals surface area (Å²) >= 11 is 0. The molecule has 1 aliphatic heterocycles. The fraction of sp³-hybridized carbons (Fsp3) is 0.368. The van der Waals surface area contributed by atoms with Crippen molar-refractivity contribution in [3.8, 4) is 11.5 Å². The van der Waals surface area contributed by atoms with Crippen molar-refractivity contribution in [3.63, 3.8) is 0 Å². The maximum Gasteiger partial charge on any atom is 0.257 e. The monoisotopic (exact) mass is 357 g/mol. The number of methoxy groups -OCH3 is 2. The van der Waals surface area contributed by atoms with E-state index in [0.29, 0.717) is 49.7 Å². The van der Waals surface area contributed by atoms with Crippen LogP contribution in [0.2, 0.25) is 0 Å². The summed E-state index contributed by atoms with van der Waals surface area (Å²) in [5.41, 5.74) is 1.47. The molecule has 1 N–H and O–H groups in total. The van der Waals surface area contributed by atoms with Crippen LogP contribution in [0.3, 0.4) is 0 Å². The highest BCUT2D eigenvalue weighted by molar-refractivity contribution is 5.97. The Bertz CT molecular complexity index is 765. The Morgan fingerprint density at radius 3 is 2.38 bits per heavy atom. The van der Waals surface area contributed by atoms with E-state index in [9.17, 15) is 9.59 Å². The smallest absolute Gasteiger partial charge is 0.257 e. The molecule has 0 spiro atoms. The Balaban J connectivity index is 1.61. The molecule has 1 fully saturated rings. The summed E-state index contributed by atoms with van der Waals surface area (Å²) in [6, 6.07) is 7.05. The molecule has 2 aromatic rings. The minimum Gasteiger partial charge on any atom is -0.497 e. The van der Waals surface area contributed by atoms with Gasteiger partial charge < -0.3 is 24.3 Å². The molecule has 1 aromatic carbocycles. The molecule has 1 aromatic heterocycles. The van der Waals surface area contributed by atoms with E-state index in [2.05, 4.69) is 4.98 Å². The molecule has 1 saturated heterocycles. The number of hydrogen-bond acceptors (Lipinski definition) is 4. The first-order valence-corrected chi connectivity index (χ1v) is 8.53. The third-order valence-electron chi connectivity index (χ3n) is 4.58. The first-order chi connectivity index (χ1) is 12.6. The largest absolute Gasteiger partial charge is 0.497 e. The number of benzene rings is 1. The normalized spacial score (nSPS) is 14.2. The van der Waals surface area contributed by atoms with Crippen LogP contribution in [0.4, 0.5) is 0 Å². The molecule has 0 bridgehead atoms. The van der Waals surface area contributed by atoms with E-state index in [4.69, 9.17) is 9.47 Å². The number of carbonyl (C=O) groups excluding carboxylic acids is 2. The topological polar surface area (TPSA) is 74.9 Å². The first-order valence-electron chi connectivity index (χ1n) is 8.53. The molecule has 138 valence electrons. The second kappa shape index (κ2) is 7.95. The third-order valence-corrected chi connectivity index (χ3v) is 4.58. The van der Waals surface area contributed by atoms with Gasteiger partial charge in [0.05, 0.1) is 26.2 Å². The minimum absolute atomic E-state index is 0.0822. The average Bonchev–Trinajstić information content (AvgIpc) is 3.20. The van der Waals surface area contributed by atoms with Crippen molar-refractivity contribution in [2.75, 3.05) is 40.4 Å². The highest BCUT2D eigenvalue weighted by Crippen LogP contribution is 2.26. The summed E-state index contributed by atoms with van der Waals surface area (Å²) in [6.07, 6.45) is 4.01. The quantitative estimate of drug-likeness (QED) is 0.881. The first kappa shape index (κ1) is 17.8. The van der Waals surface area contributed by atoms with Crippen molar-refractivity contribution >= 4 is 11.8 Å². The summed E-state index contributed by atoms with van der Waals surface area (Å²) in [7, 11) is 3.10. The lowest BCUT2D eigenvalue weighted by Crippen LogP contribution is -2.51. The van der Waals surface area contributed by atoms with Crippen molar-refractivity contribution < 1.29 is 19.1 Å². The number of H-pyrrole nitrogens is 1. The summed E-state index contributed by atoms with van der Waals surface area (Å²) < 4.78 is 10.5. The summed E-state index contributed by atoms with van der Waals surface area (Å²) in [5, 5.41) is 0. The molecule has 3 rings (SSSR count). The number of amides is 2. The Kier molecular flexibility index (Phi) is 5.46. The highest BCUT2D eigenvalue weighted by Gasteiger charge is 2.26. The third kappa shape index (κ3) is 3.82. The van der Waals surface area contributed by atoms with Crippen LogP contribution in [0.25, 0.3) is 0 Å². The Labute approximate surface area is 152 Å². The summed E-state index contributed by atoms with van der Waals surface area (Å²) in [4.78, 5) is 31.7. The van der Waals surface area contributed by atoms with Crippen molar-refractivity contribution in [1.82, 2.24) is 14.8 Å². The molecule has 0 unspecified atom stereocenters. The van der Waals surface area contributed by atoms with Crippen LogP contribution < -0.4 is 9.47 Å². The minimum atomic E-state index is -0.0952. The number of rotatable bonds is 5. The van der Waals surface area contributed by atoms with Gasteiger partial charge >= 0.3 is 0 Å². The number of nitrogens with zero attached hydrogens (tertiary/aromatic N) is 2. The van der Waals surface area contributed by atoms with Gasteiger partial charge in [-0.3, -0.25) is 9.59 Å². The predicted molar refractivity (Wildman–Crippen MR) is 96.5 cm³/mol. The number of hydrogen-bond donors (Lipinski definition) is 1. The molecule has 0 radical (unpaired) electrons. The van der Waals surface area contributed by atoms with Crippen LogP contribution in [0.1, 0.15) is 15.9 Å². The van der Waals surface area contributed by atoms with Gasteiger partial charge in [0.2, 0.25) is 5.91 Å². The second-order valence-corrected chi connectivity index (χ2v) is 6.14. The number of carbonyl (C=O) groups is 2. The van der Waals surface area contributed by atoms with E-state index >= 15 is 0 Å². The zero-order valence-corrected chi connectivity index (χ0v) is 15.0. The molecule has 1 aliphatic rings. The fourth-order valence-corrected chi connectivity index (χ4v) is 3.06. The van der Waals surface area contributed by atoms with Gasteiger partial charge in [-0.1, -0.05) is 0 Å². The van der Waals surface area contributed by atoms with E-state index in [0.717, 1.165) is 5.56 Å². The SMILES string of the molecule is COc1ccc(C(=O)N2CCN(C(=O)Cc3cc[nH]c3)CC2)c(OC)c1. The van der Waals surface area contributed by atoms with E-state index in [1.807, 2.05) is 23.4 Å². The molecule has 0 aliphatic carbocycles. The van der Waals surface area contributed by atoms with Gasteiger partial charge in [-0.2, -0.15) is 0 Å². The van der Waals surface area contributed by atoms with Crippen LogP contribution in [0.5, 0.6) is 11.5 Å². The van der Waals surface area contributed by atoms with Crippen LogP contribution in [-0.4, -0.2) is 67.0 Å². The number of piperazine rings is 1. The maximum absolute atomic E-state index is 12.8. The van der Waals surface area contributed by atoms with E-state index < -0.39 is 0 Å². The van der Waals surface area contributed by atoms with Gasteiger partial charge in [0.1, 0.15) is 11.5 Å². The lowest BCUT2D eigenvalue weighted by Gasteiger charge is -2.35. The Hall–Kier alpha value is -2.96. The van der Waals surface area contributed by atoms with Crippen molar-refractivity contribution in [1.29, 1.82) is 0 Å². The number of nitrogens with one attached hydrogen (secondary N) is 1. The van der Waals surface area contributed by atoms with Gasteiger partial charge in [0.15, 0.2) is 0 Å². The zero-order chi connectivity index (χ0) is 18.5. The number of aromatic amines is 1. The highest BCUT2D eigenvalue weighted by atomic mass is 16.5. The van der Waals surface area contributed by atoms with Gasteiger partial charge in [0, 0.05) is 44.6 Å². The lowest BCUT2D eigenvalue weighted by atomic mass is 10.1. The molecule has 7 nitrogen and oxygen atoms in total. The van der Waals surface area contributed by atoms with Crippen LogP contribution in [0.15, 0.2) is 36.7 Å². The van der Waals surface area contributed by atoms with Crippen molar-refractivity contribution in [3.05, 3.63) is 47.8 Å². The lowest BCUT2D eigenvalue weighted by molar-refractivity contribution is -0.131. The summed E-state index contributed by atoms with van der Waals surface area (Å²) in [5.74, 6) is 1.11. The van der Waals surface area contributed by atoms with E-state index in [-0.39, 0.29) is 11.8 Å². The molecule has 26 heavy (non-hydrogen) atoms. The molecule has 7 heteroatoms. The van der Waals surface area contributed by atoms with Crippen LogP contribution in [0, 0.1) is 0 Å². The molecule has 2 heterocycles. The molecular weight excluding hydrogens is 334 g/mol. The fourth-order valence-electron chi connectivity index (χ4n) is 3.06. The van der Waals surface area contributed by atoms with Gasteiger partial charge in [-0.15, -0.1) is 0 Å². The zero-order valence-electron chi connectivity index (χ0n) is 15.0. The predicted octanol–water partition coefficient (Wildman–Crippen LogP) is 1.56. The van der Waals surface area contributed by atoms with Gasteiger partial charge in [-0.05, 0) is 23.8 Å². The second-order valence-electron chi connectivity index (χ2n) is 6.14. The van der Waals surface area contributed by atoms with Gasteiger partial charge in [-0.25, -0.2) is 0 Å². The van der Waals surface area contributed by atoms with Crippen molar-refractivity contribution in [2.24, 2.45) is 0 Å². The molecule has 0 saturated carbocycles. The Morgan fingerprint density at radius 1 is 1.04 bits per heavy atom. The van der Waals surface area contributed by atoms with Crippen molar-refractivity contribution in [2.45, 2.75) is 6.42 Å². The molecule has 2 amide bonds. The maximum atomic E-state index is 12.8. The van der Waals surface area contributed by atoms with Gasteiger partial charge in [0.25, 0.3) is 5.91 Å². The molecule has 0 atom stereocenters. The van der Waals surface area contributed by atoms with Crippen LogP contribution in [-0.2, 0) is 11.2 Å². The Morgan fingerprint density at radius 2 is 1.77 bits per heavy atom. The van der Waals surface area contributed by atoms with Crippen LogP contribution >= 0.6 is 0 Å². The standard InChI is InChI=1S/C19H23N3O4/c1-25-15-3-4-16(17(12-15)26-2)19(24)22-9-7-21(8-10-22)18(23)11-14-5-6-20-13-14/h3-6,12-13,20H,7-11H2,1-2H3. The average molecular weight is 357 g/mol. The van der Waals surface area contributed by atoms with E-state index in [1.165, 1.54) is 7.11 Å². The number of aromatic nitrogens is 1.